The van der Waals surface area contributed by atoms with Gasteiger partial charge in [-0.05, 0) is 38.1 Å². The topological polar surface area (TPSA) is 105 Å². The SMILES string of the molecule is CN(C1CC1)[C@H](C(N)=O)C(=O)Nc1ccc(N2CCOCC2=O)cc1C(F)F. The minimum atomic E-state index is -2.89. The van der Waals surface area contributed by atoms with Crippen LogP contribution in [0.2, 0.25) is 0 Å². The molecule has 2 fully saturated rings. The molecule has 0 spiro atoms. The average molecular weight is 396 g/mol. The minimum Gasteiger partial charge on any atom is -0.370 e. The zero-order valence-electron chi connectivity index (χ0n) is 15.4. The number of alkyl halides is 2. The number of nitrogens with two attached hydrogens (primary N) is 1. The summed E-state index contributed by atoms with van der Waals surface area (Å²) in [6.07, 6.45) is -1.20. The van der Waals surface area contributed by atoms with Gasteiger partial charge in [-0.2, -0.15) is 0 Å². The van der Waals surface area contributed by atoms with Crippen LogP contribution in [-0.2, 0) is 19.1 Å². The van der Waals surface area contributed by atoms with E-state index in [9.17, 15) is 23.2 Å². The van der Waals surface area contributed by atoms with E-state index >= 15 is 0 Å². The fourth-order valence-corrected chi connectivity index (χ4v) is 3.21. The smallest absolute Gasteiger partial charge is 0.265 e. The Bertz CT molecular complexity index is 785. The highest BCUT2D eigenvalue weighted by molar-refractivity contribution is 6.10. The Morgan fingerprint density at radius 2 is 2.07 bits per heavy atom. The van der Waals surface area contributed by atoms with Gasteiger partial charge >= 0.3 is 0 Å². The largest absolute Gasteiger partial charge is 0.370 e. The van der Waals surface area contributed by atoms with Crippen LogP contribution in [0.1, 0.15) is 24.8 Å². The normalized spacial score (nSPS) is 18.5. The van der Waals surface area contributed by atoms with Crippen molar-refractivity contribution >= 4 is 29.1 Å². The Kier molecular flexibility index (Phi) is 5.90. The first-order chi connectivity index (χ1) is 13.3. The van der Waals surface area contributed by atoms with Gasteiger partial charge in [-0.25, -0.2) is 8.78 Å². The van der Waals surface area contributed by atoms with Gasteiger partial charge in [0.2, 0.25) is 5.91 Å². The van der Waals surface area contributed by atoms with Crippen molar-refractivity contribution < 1.29 is 27.9 Å². The van der Waals surface area contributed by atoms with Gasteiger partial charge in [-0.15, -0.1) is 0 Å². The van der Waals surface area contributed by atoms with Crippen LogP contribution in [0.3, 0.4) is 0 Å². The number of likely N-dealkylation sites (N-methyl/N-ethyl adjacent to an activating group) is 1. The van der Waals surface area contributed by atoms with E-state index in [2.05, 4.69) is 5.32 Å². The number of morpholine rings is 1. The average Bonchev–Trinajstić information content (AvgIpc) is 3.47. The number of carbonyl (C=O) groups excluding carboxylic acids is 3. The second kappa shape index (κ2) is 8.19. The number of ether oxygens (including phenoxy) is 1. The molecule has 2 aliphatic rings. The number of rotatable bonds is 7. The first kappa shape index (κ1) is 20.2. The van der Waals surface area contributed by atoms with E-state index in [1.165, 1.54) is 17.0 Å². The summed E-state index contributed by atoms with van der Waals surface area (Å²) in [6.45, 7) is 0.446. The maximum Gasteiger partial charge on any atom is 0.265 e. The molecular formula is C18H22F2N4O4. The predicted molar refractivity (Wildman–Crippen MR) is 97.0 cm³/mol. The molecule has 1 aliphatic heterocycles. The van der Waals surface area contributed by atoms with Crippen LogP contribution in [0.5, 0.6) is 0 Å². The first-order valence-corrected chi connectivity index (χ1v) is 8.92. The summed E-state index contributed by atoms with van der Waals surface area (Å²) in [5.74, 6) is -1.94. The Morgan fingerprint density at radius 1 is 1.36 bits per heavy atom. The fraction of sp³-hybridized carbons (Fsp3) is 0.500. The molecule has 0 aromatic heterocycles. The molecule has 0 unspecified atom stereocenters. The van der Waals surface area contributed by atoms with E-state index in [-0.39, 0.29) is 30.8 Å². The molecular weight excluding hydrogens is 374 g/mol. The molecule has 8 nitrogen and oxygen atoms in total. The van der Waals surface area contributed by atoms with Crippen LogP contribution >= 0.6 is 0 Å². The number of carbonyl (C=O) groups is 3. The second-order valence-electron chi connectivity index (χ2n) is 6.86. The summed E-state index contributed by atoms with van der Waals surface area (Å²) in [4.78, 5) is 39.1. The number of hydrogen-bond donors (Lipinski definition) is 2. The van der Waals surface area contributed by atoms with Crippen LogP contribution in [0.4, 0.5) is 20.2 Å². The molecule has 1 aromatic carbocycles. The quantitative estimate of drug-likeness (QED) is 0.666. The highest BCUT2D eigenvalue weighted by atomic mass is 19.3. The Balaban J connectivity index is 1.83. The monoisotopic (exact) mass is 396 g/mol. The van der Waals surface area contributed by atoms with Gasteiger partial charge in [0, 0.05) is 29.5 Å². The van der Waals surface area contributed by atoms with E-state index in [0.717, 1.165) is 18.9 Å². The summed E-state index contributed by atoms with van der Waals surface area (Å²) < 4.78 is 32.2. The second-order valence-corrected chi connectivity index (χ2v) is 6.86. The summed E-state index contributed by atoms with van der Waals surface area (Å²) in [5.41, 5.74) is 5.07. The molecule has 152 valence electrons. The van der Waals surface area contributed by atoms with Crippen LogP contribution in [0.25, 0.3) is 0 Å². The van der Waals surface area contributed by atoms with Crippen LogP contribution in [0, 0.1) is 0 Å². The van der Waals surface area contributed by atoms with Crippen molar-refractivity contribution in [2.45, 2.75) is 31.4 Å². The number of hydrogen-bond acceptors (Lipinski definition) is 5. The maximum absolute atomic E-state index is 13.6. The molecule has 1 saturated heterocycles. The third-order valence-corrected chi connectivity index (χ3v) is 4.87. The maximum atomic E-state index is 13.6. The third-order valence-electron chi connectivity index (χ3n) is 4.87. The standard InChI is InChI=1S/C18H22F2N4O4/c1-23(10-2-3-10)15(17(21)26)18(27)22-13-5-4-11(8-12(13)16(19)20)24-6-7-28-9-14(24)25/h4-5,8,10,15-16H,2-3,6-7,9H2,1H3,(H2,21,26)(H,22,27)/t15-/m1/s1. The first-order valence-electron chi connectivity index (χ1n) is 8.92. The summed E-state index contributed by atoms with van der Waals surface area (Å²) in [7, 11) is 1.60. The lowest BCUT2D eigenvalue weighted by atomic mass is 10.1. The van der Waals surface area contributed by atoms with Gasteiger partial charge in [0.1, 0.15) is 6.61 Å². The molecule has 3 N–H and O–H groups in total. The van der Waals surface area contributed by atoms with Crippen molar-refractivity contribution in [3.63, 3.8) is 0 Å². The van der Waals surface area contributed by atoms with Crippen molar-refractivity contribution in [2.75, 3.05) is 37.0 Å². The minimum absolute atomic E-state index is 0.0764. The molecule has 0 bridgehead atoms. The van der Waals surface area contributed by atoms with Crippen LogP contribution in [0.15, 0.2) is 18.2 Å². The molecule has 1 aliphatic carbocycles. The highest BCUT2D eigenvalue weighted by Crippen LogP contribution is 2.32. The molecule has 1 aromatic rings. The highest BCUT2D eigenvalue weighted by Gasteiger charge is 2.38. The fourth-order valence-electron chi connectivity index (χ4n) is 3.21. The molecule has 1 atom stereocenters. The lowest BCUT2D eigenvalue weighted by Gasteiger charge is -2.28. The van der Waals surface area contributed by atoms with E-state index in [1.807, 2.05) is 0 Å². The summed E-state index contributed by atoms with van der Waals surface area (Å²) in [6, 6.07) is 2.75. The molecule has 0 radical (unpaired) electrons. The zero-order chi connectivity index (χ0) is 20.4. The van der Waals surface area contributed by atoms with E-state index < -0.39 is 29.8 Å². The van der Waals surface area contributed by atoms with E-state index in [1.54, 1.807) is 11.9 Å². The number of nitrogens with zero attached hydrogens (tertiary/aromatic N) is 2. The molecule has 3 amide bonds. The predicted octanol–water partition coefficient (Wildman–Crippen LogP) is 0.874. The summed E-state index contributed by atoms with van der Waals surface area (Å²) >= 11 is 0. The van der Waals surface area contributed by atoms with Crippen molar-refractivity contribution in [3.05, 3.63) is 23.8 Å². The number of benzene rings is 1. The molecule has 3 rings (SSSR count). The van der Waals surface area contributed by atoms with Gasteiger partial charge in [0.05, 0.1) is 6.61 Å². The van der Waals surface area contributed by atoms with Gasteiger partial charge in [0.25, 0.3) is 18.2 Å². The molecule has 28 heavy (non-hydrogen) atoms. The molecule has 10 heteroatoms. The van der Waals surface area contributed by atoms with Crippen molar-refractivity contribution in [1.29, 1.82) is 0 Å². The number of amides is 3. The Hall–Kier alpha value is -2.59. The number of halogens is 2. The third kappa shape index (κ3) is 4.28. The van der Waals surface area contributed by atoms with Gasteiger partial charge < -0.3 is 20.7 Å². The lowest BCUT2D eigenvalue weighted by molar-refractivity contribution is -0.132. The van der Waals surface area contributed by atoms with Gasteiger partial charge in [0.15, 0.2) is 6.04 Å². The number of primary amides is 1. The number of nitrogens with one attached hydrogen (secondary N) is 1. The zero-order valence-corrected chi connectivity index (χ0v) is 15.4. The number of anilines is 2. The van der Waals surface area contributed by atoms with E-state index in [0.29, 0.717) is 12.3 Å². The van der Waals surface area contributed by atoms with E-state index in [4.69, 9.17) is 10.5 Å². The van der Waals surface area contributed by atoms with Crippen LogP contribution in [-0.4, -0.2) is 61.5 Å². The van der Waals surface area contributed by atoms with Crippen molar-refractivity contribution in [3.8, 4) is 0 Å². The van der Waals surface area contributed by atoms with Crippen molar-refractivity contribution in [2.24, 2.45) is 5.73 Å². The van der Waals surface area contributed by atoms with Gasteiger partial charge in [-0.1, -0.05) is 0 Å². The Morgan fingerprint density at radius 3 is 2.64 bits per heavy atom. The Labute approximate surface area is 160 Å². The summed E-state index contributed by atoms with van der Waals surface area (Å²) in [5, 5.41) is 2.39. The lowest BCUT2D eigenvalue weighted by Crippen LogP contribution is -2.51. The van der Waals surface area contributed by atoms with Crippen molar-refractivity contribution in [1.82, 2.24) is 4.90 Å². The van der Waals surface area contributed by atoms with Gasteiger partial charge in [-0.3, -0.25) is 19.3 Å². The van der Waals surface area contributed by atoms with Crippen LogP contribution < -0.4 is 16.0 Å². The molecule has 1 heterocycles. The molecule has 1 saturated carbocycles.